The van der Waals surface area contributed by atoms with Gasteiger partial charge in [0.05, 0.1) is 7.11 Å². The number of carbonyl (C=O) groups excluding carboxylic acids is 3. The summed E-state index contributed by atoms with van der Waals surface area (Å²) in [6.07, 6.45) is 4.09. The van der Waals surface area contributed by atoms with Crippen LogP contribution in [0.5, 0.6) is 0 Å². The Labute approximate surface area is 239 Å². The first-order valence-corrected chi connectivity index (χ1v) is 14.1. The molecule has 1 aromatic heterocycles. The summed E-state index contributed by atoms with van der Waals surface area (Å²) in [4.78, 5) is 40.9. The van der Waals surface area contributed by atoms with E-state index in [1.165, 1.54) is 7.11 Å². The molecule has 3 aromatic carbocycles. The molecule has 4 aromatic rings. The van der Waals surface area contributed by atoms with Crippen LogP contribution in [0.25, 0.3) is 22.0 Å². The van der Waals surface area contributed by atoms with Gasteiger partial charge in [-0.15, -0.1) is 0 Å². The topological polar surface area (TPSA) is 110 Å². The summed E-state index contributed by atoms with van der Waals surface area (Å²) < 4.78 is 10.4. The number of para-hydroxylation sites is 1. The number of carbonyl (C=O) groups is 3. The quantitative estimate of drug-likeness (QED) is 0.159. The minimum absolute atomic E-state index is 0.0703. The summed E-state index contributed by atoms with van der Waals surface area (Å²) in [6.45, 7) is 0.609. The van der Waals surface area contributed by atoms with E-state index in [9.17, 15) is 14.4 Å². The molecule has 0 bridgehead atoms. The third-order valence-corrected chi connectivity index (χ3v) is 7.64. The number of alkyl carbamates (subject to hydrolysis) is 1. The molecule has 0 saturated heterocycles. The van der Waals surface area contributed by atoms with Crippen molar-refractivity contribution in [2.45, 2.75) is 44.1 Å². The minimum Gasteiger partial charge on any atom is -0.469 e. The fraction of sp³-hybridized carbons (Fsp3) is 0.303. The number of hydrogen-bond donors (Lipinski definition) is 3. The van der Waals surface area contributed by atoms with Gasteiger partial charge in [-0.3, -0.25) is 9.59 Å². The largest absolute Gasteiger partial charge is 0.469 e. The summed E-state index contributed by atoms with van der Waals surface area (Å²) in [6, 6.07) is 23.4. The normalized spacial score (nSPS) is 12.8. The predicted molar refractivity (Wildman–Crippen MR) is 157 cm³/mol. The lowest BCUT2D eigenvalue weighted by Crippen LogP contribution is -2.48. The van der Waals surface area contributed by atoms with E-state index in [0.717, 1.165) is 45.1 Å². The van der Waals surface area contributed by atoms with E-state index in [1.54, 1.807) is 0 Å². The van der Waals surface area contributed by atoms with Crippen molar-refractivity contribution in [3.05, 3.63) is 95.7 Å². The van der Waals surface area contributed by atoms with Crippen LogP contribution in [0.3, 0.4) is 0 Å². The maximum atomic E-state index is 13.3. The Bertz CT molecular complexity index is 1480. The van der Waals surface area contributed by atoms with Gasteiger partial charge in [-0.1, -0.05) is 73.2 Å². The van der Waals surface area contributed by atoms with E-state index in [4.69, 9.17) is 4.74 Å². The third-order valence-electron chi connectivity index (χ3n) is 7.64. The highest BCUT2D eigenvalue weighted by atomic mass is 16.5. The zero-order valence-electron chi connectivity index (χ0n) is 23.2. The molecule has 0 spiro atoms. The number of amides is 2. The Hall–Kier alpha value is -4.59. The van der Waals surface area contributed by atoms with Gasteiger partial charge in [0.15, 0.2) is 0 Å². The number of unbranched alkanes of at least 4 members (excludes halogenated alkanes) is 2. The van der Waals surface area contributed by atoms with E-state index in [1.807, 2.05) is 54.7 Å². The molecular weight excluding hydrogens is 518 g/mol. The molecule has 41 heavy (non-hydrogen) atoms. The fourth-order valence-electron chi connectivity index (χ4n) is 5.52. The Kier molecular flexibility index (Phi) is 8.98. The van der Waals surface area contributed by atoms with Crippen LogP contribution in [0.1, 0.15) is 48.3 Å². The molecule has 5 rings (SSSR count). The van der Waals surface area contributed by atoms with E-state index in [-0.39, 0.29) is 24.4 Å². The average molecular weight is 554 g/mol. The van der Waals surface area contributed by atoms with Crippen LogP contribution in [-0.4, -0.2) is 49.3 Å². The number of ether oxygens (including phenoxy) is 2. The van der Waals surface area contributed by atoms with Crippen molar-refractivity contribution >= 4 is 28.9 Å². The number of aromatic amines is 1. The first kappa shape index (κ1) is 28.0. The van der Waals surface area contributed by atoms with Crippen LogP contribution in [-0.2, 0) is 25.5 Å². The summed E-state index contributed by atoms with van der Waals surface area (Å²) in [5.74, 6) is -0.587. The molecule has 212 valence electrons. The minimum atomic E-state index is -0.820. The van der Waals surface area contributed by atoms with Gasteiger partial charge in [0.2, 0.25) is 5.91 Å². The molecular formula is C33H35N3O5. The smallest absolute Gasteiger partial charge is 0.407 e. The van der Waals surface area contributed by atoms with Gasteiger partial charge in [-0.25, -0.2) is 4.79 Å². The number of hydrogen-bond acceptors (Lipinski definition) is 5. The van der Waals surface area contributed by atoms with Gasteiger partial charge in [0.1, 0.15) is 12.6 Å². The Morgan fingerprint density at radius 2 is 1.56 bits per heavy atom. The summed E-state index contributed by atoms with van der Waals surface area (Å²) in [7, 11) is 1.37. The number of H-pyrrole nitrogens is 1. The van der Waals surface area contributed by atoms with Crippen LogP contribution in [0.2, 0.25) is 0 Å². The molecule has 1 unspecified atom stereocenters. The third kappa shape index (κ3) is 6.60. The lowest BCUT2D eigenvalue weighted by molar-refractivity contribution is -0.140. The number of aromatic nitrogens is 1. The number of fused-ring (bicyclic) bond motifs is 4. The summed E-state index contributed by atoms with van der Waals surface area (Å²) >= 11 is 0. The molecule has 8 nitrogen and oxygen atoms in total. The molecule has 1 aliphatic rings. The van der Waals surface area contributed by atoms with E-state index < -0.39 is 12.1 Å². The maximum Gasteiger partial charge on any atom is 0.407 e. The van der Waals surface area contributed by atoms with Gasteiger partial charge >= 0.3 is 12.1 Å². The first-order valence-electron chi connectivity index (χ1n) is 14.1. The van der Waals surface area contributed by atoms with Gasteiger partial charge in [-0.2, -0.15) is 0 Å². The first-order chi connectivity index (χ1) is 20.0. The van der Waals surface area contributed by atoms with E-state index >= 15 is 0 Å². The second-order valence-corrected chi connectivity index (χ2v) is 10.3. The molecule has 0 radical (unpaired) electrons. The fourth-order valence-corrected chi connectivity index (χ4v) is 5.52. The van der Waals surface area contributed by atoms with Crippen LogP contribution in [0.4, 0.5) is 4.79 Å². The van der Waals surface area contributed by atoms with Crippen molar-refractivity contribution in [3.63, 3.8) is 0 Å². The number of nitrogens with one attached hydrogen (secondary N) is 3. The highest BCUT2D eigenvalue weighted by molar-refractivity contribution is 5.88. The highest BCUT2D eigenvalue weighted by Gasteiger charge is 2.30. The second kappa shape index (κ2) is 13.2. The van der Waals surface area contributed by atoms with E-state index in [0.29, 0.717) is 32.2 Å². The van der Waals surface area contributed by atoms with Crippen molar-refractivity contribution in [2.24, 2.45) is 0 Å². The van der Waals surface area contributed by atoms with Crippen LogP contribution < -0.4 is 10.6 Å². The van der Waals surface area contributed by atoms with Gasteiger partial charge in [0.25, 0.3) is 0 Å². The van der Waals surface area contributed by atoms with Crippen LogP contribution in [0.15, 0.2) is 79.0 Å². The van der Waals surface area contributed by atoms with Gasteiger partial charge in [-0.05, 0) is 46.7 Å². The standard InChI is InChI=1S/C33H35N3O5/c1-40-31(37)17-3-2-10-18-34-32(38)30(19-22-20-35-29-16-9-8-11-23(22)29)36-33(39)41-21-28-26-14-6-4-12-24(26)25-13-5-7-15-27(25)28/h4-9,11-16,20,28,30,35H,2-3,10,17-19,21H2,1H3,(H,34,38)(H,36,39). The van der Waals surface area contributed by atoms with Crippen molar-refractivity contribution in [3.8, 4) is 11.1 Å². The second-order valence-electron chi connectivity index (χ2n) is 10.3. The lowest BCUT2D eigenvalue weighted by Gasteiger charge is -2.20. The number of rotatable bonds is 12. The van der Waals surface area contributed by atoms with Gasteiger partial charge < -0.3 is 25.1 Å². The zero-order chi connectivity index (χ0) is 28.6. The highest BCUT2D eigenvalue weighted by Crippen LogP contribution is 2.44. The average Bonchev–Trinajstić information content (AvgIpc) is 3.56. The SMILES string of the molecule is COC(=O)CCCCCNC(=O)C(Cc1c[nH]c2ccccc12)NC(=O)OCC1c2ccccc2-c2ccccc21. The van der Waals surface area contributed by atoms with Crippen molar-refractivity contribution in [1.29, 1.82) is 0 Å². The summed E-state index contributed by atoms with van der Waals surface area (Å²) in [5.41, 5.74) is 6.45. The zero-order valence-corrected chi connectivity index (χ0v) is 23.2. The summed E-state index contributed by atoms with van der Waals surface area (Å²) in [5, 5.41) is 6.76. The molecule has 2 amide bonds. The Morgan fingerprint density at radius 3 is 2.29 bits per heavy atom. The van der Waals surface area contributed by atoms with Crippen LogP contribution in [0, 0.1) is 0 Å². The molecule has 1 atom stereocenters. The van der Waals surface area contributed by atoms with Crippen molar-refractivity contribution < 1.29 is 23.9 Å². The number of benzene rings is 3. The predicted octanol–water partition coefficient (Wildman–Crippen LogP) is 5.47. The van der Waals surface area contributed by atoms with Crippen LogP contribution >= 0.6 is 0 Å². The number of esters is 1. The molecule has 8 heteroatoms. The number of methoxy groups -OCH3 is 1. The molecule has 1 aliphatic carbocycles. The monoisotopic (exact) mass is 553 g/mol. The molecule has 0 saturated carbocycles. The Morgan fingerprint density at radius 1 is 0.878 bits per heavy atom. The molecule has 0 fully saturated rings. The molecule has 3 N–H and O–H groups in total. The Balaban J connectivity index is 1.22. The van der Waals surface area contributed by atoms with Gasteiger partial charge in [0, 0.05) is 42.4 Å². The lowest BCUT2D eigenvalue weighted by atomic mass is 9.98. The van der Waals surface area contributed by atoms with Crippen molar-refractivity contribution in [2.75, 3.05) is 20.3 Å². The molecule has 1 heterocycles. The maximum absolute atomic E-state index is 13.3. The van der Waals surface area contributed by atoms with E-state index in [2.05, 4.69) is 44.6 Å². The van der Waals surface area contributed by atoms with Crippen molar-refractivity contribution in [1.82, 2.24) is 15.6 Å². The molecule has 0 aliphatic heterocycles.